The van der Waals surface area contributed by atoms with E-state index in [0.29, 0.717) is 34.5 Å². The third kappa shape index (κ3) is 3.68. The number of halogens is 1. The van der Waals surface area contributed by atoms with Gasteiger partial charge in [0.05, 0.1) is 36.2 Å². The van der Waals surface area contributed by atoms with Gasteiger partial charge in [-0.2, -0.15) is 5.10 Å². The summed E-state index contributed by atoms with van der Waals surface area (Å²) in [5.41, 5.74) is 3.43. The van der Waals surface area contributed by atoms with E-state index >= 15 is 0 Å². The minimum atomic E-state index is -0.491. The number of carbonyl (C=O) groups excluding carboxylic acids is 1. The molecule has 9 nitrogen and oxygen atoms in total. The summed E-state index contributed by atoms with van der Waals surface area (Å²) < 4.78 is 23.0. The van der Waals surface area contributed by atoms with Gasteiger partial charge in [0.1, 0.15) is 5.52 Å². The van der Waals surface area contributed by atoms with Gasteiger partial charge >= 0.3 is 0 Å². The Bertz CT molecular complexity index is 1410. The summed E-state index contributed by atoms with van der Waals surface area (Å²) in [6.45, 7) is 5.19. The molecule has 4 aromatic rings. The smallest absolute Gasteiger partial charge is 0.257 e. The molecule has 0 spiro atoms. The van der Waals surface area contributed by atoms with Gasteiger partial charge < -0.3 is 24.7 Å². The number of benzene rings is 1. The first kappa shape index (κ1) is 21.1. The van der Waals surface area contributed by atoms with Crippen molar-refractivity contribution in [2.45, 2.75) is 25.4 Å². The van der Waals surface area contributed by atoms with Crippen molar-refractivity contribution in [3.63, 3.8) is 0 Å². The van der Waals surface area contributed by atoms with E-state index in [1.165, 1.54) is 6.07 Å². The van der Waals surface area contributed by atoms with Crippen molar-refractivity contribution in [1.29, 1.82) is 0 Å². The third-order valence-electron chi connectivity index (χ3n) is 6.54. The molecule has 176 valence electrons. The monoisotopic (exact) mass is 463 g/mol. The van der Waals surface area contributed by atoms with Gasteiger partial charge in [-0.3, -0.25) is 9.48 Å². The van der Waals surface area contributed by atoms with Gasteiger partial charge in [-0.15, -0.1) is 0 Å². The molecule has 5 heterocycles. The maximum absolute atomic E-state index is 14.5. The van der Waals surface area contributed by atoms with Gasteiger partial charge in [0, 0.05) is 61.9 Å². The van der Waals surface area contributed by atoms with Crippen molar-refractivity contribution in [2.75, 3.05) is 36.5 Å². The lowest BCUT2D eigenvalue weighted by Crippen LogP contribution is -2.51. The Morgan fingerprint density at radius 1 is 1.21 bits per heavy atom. The van der Waals surface area contributed by atoms with Crippen molar-refractivity contribution < 1.29 is 13.9 Å². The van der Waals surface area contributed by atoms with E-state index in [-0.39, 0.29) is 11.6 Å². The molecule has 0 unspecified atom stereocenters. The number of rotatable bonds is 5. The van der Waals surface area contributed by atoms with Crippen LogP contribution in [0.3, 0.4) is 0 Å². The lowest BCUT2D eigenvalue weighted by Gasteiger charge is -2.30. The SMILES string of the molecule is Cc1cn2cc(NC(=O)c3ccc(N4CC[C@H](NC5COC5)C4)c4cn(C)nc34)cc(F)c2n1. The number of carbonyl (C=O) groups is 1. The zero-order chi connectivity index (χ0) is 23.4. The van der Waals surface area contributed by atoms with Crippen molar-refractivity contribution in [1.82, 2.24) is 24.5 Å². The van der Waals surface area contributed by atoms with E-state index in [1.54, 1.807) is 34.5 Å². The first-order valence-electron chi connectivity index (χ1n) is 11.5. The molecule has 2 aliphatic heterocycles. The molecule has 2 fully saturated rings. The first-order valence-corrected chi connectivity index (χ1v) is 11.5. The third-order valence-corrected chi connectivity index (χ3v) is 6.54. The largest absolute Gasteiger partial charge is 0.378 e. The van der Waals surface area contributed by atoms with Crippen LogP contribution in [0.15, 0.2) is 36.8 Å². The number of nitrogens with one attached hydrogen (secondary N) is 2. The van der Waals surface area contributed by atoms with E-state index in [0.717, 1.165) is 43.8 Å². The normalized spacial score (nSPS) is 18.7. The highest BCUT2D eigenvalue weighted by Crippen LogP contribution is 2.32. The molecule has 1 amide bonds. The molecule has 6 rings (SSSR count). The zero-order valence-electron chi connectivity index (χ0n) is 19.1. The van der Waals surface area contributed by atoms with Gasteiger partial charge in [-0.1, -0.05) is 0 Å². The maximum Gasteiger partial charge on any atom is 0.257 e. The number of aryl methyl sites for hydroxylation is 2. The lowest BCUT2D eigenvalue weighted by atomic mass is 10.1. The molecule has 1 aromatic carbocycles. The van der Waals surface area contributed by atoms with Crippen LogP contribution in [-0.4, -0.2) is 63.5 Å². The van der Waals surface area contributed by atoms with Gasteiger partial charge in [0.2, 0.25) is 0 Å². The molecule has 2 saturated heterocycles. The minimum absolute atomic E-state index is 0.232. The summed E-state index contributed by atoms with van der Waals surface area (Å²) in [7, 11) is 1.85. The summed E-state index contributed by atoms with van der Waals surface area (Å²) in [5, 5.41) is 12.0. The van der Waals surface area contributed by atoms with Crippen LogP contribution in [0.5, 0.6) is 0 Å². The Hall–Kier alpha value is -3.50. The number of amides is 1. The number of pyridine rings is 1. The van der Waals surface area contributed by atoms with E-state index in [2.05, 4.69) is 25.6 Å². The van der Waals surface area contributed by atoms with Crippen LogP contribution in [0.1, 0.15) is 22.5 Å². The highest BCUT2D eigenvalue weighted by atomic mass is 19.1. The van der Waals surface area contributed by atoms with Crippen LogP contribution in [0.4, 0.5) is 15.8 Å². The van der Waals surface area contributed by atoms with E-state index in [9.17, 15) is 9.18 Å². The van der Waals surface area contributed by atoms with E-state index < -0.39 is 5.82 Å². The Kier molecular flexibility index (Phi) is 5.00. The fourth-order valence-corrected chi connectivity index (χ4v) is 4.89. The molecule has 34 heavy (non-hydrogen) atoms. The molecule has 0 aliphatic carbocycles. The summed E-state index contributed by atoms with van der Waals surface area (Å²) in [4.78, 5) is 19.7. The first-order chi connectivity index (χ1) is 16.4. The van der Waals surface area contributed by atoms with Gasteiger partial charge in [-0.25, -0.2) is 9.37 Å². The predicted octanol–water partition coefficient (Wildman–Crippen LogP) is 2.49. The topological polar surface area (TPSA) is 88.7 Å². The molecule has 2 aliphatic rings. The van der Waals surface area contributed by atoms with Gasteiger partial charge in [0.15, 0.2) is 11.5 Å². The predicted molar refractivity (Wildman–Crippen MR) is 127 cm³/mol. The van der Waals surface area contributed by atoms with Crippen molar-refractivity contribution in [3.05, 3.63) is 53.9 Å². The molecule has 2 N–H and O–H groups in total. The number of fused-ring (bicyclic) bond motifs is 2. The number of aromatic nitrogens is 4. The summed E-state index contributed by atoms with van der Waals surface area (Å²) in [6.07, 6.45) is 6.38. The second-order valence-electron chi connectivity index (χ2n) is 9.17. The standard InChI is InChI=1S/C24H26FN7O2/c1-14-8-32-10-16(7-20(25)23(32)26-14)28-24(33)18-3-4-21(19-11-30(2)29-22(18)19)31-6-5-15(9-31)27-17-12-34-13-17/h3-4,7-8,10-11,15,17,27H,5-6,9,12-13H2,1-2H3,(H,28,33)/t15-/m0/s1. The second-order valence-corrected chi connectivity index (χ2v) is 9.17. The average molecular weight is 464 g/mol. The van der Waals surface area contributed by atoms with Crippen LogP contribution < -0.4 is 15.5 Å². The highest BCUT2D eigenvalue weighted by molar-refractivity contribution is 6.13. The Morgan fingerprint density at radius 3 is 2.85 bits per heavy atom. The molecular formula is C24H26FN7O2. The Balaban J connectivity index is 1.27. The van der Waals surface area contributed by atoms with Crippen LogP contribution in [0.25, 0.3) is 16.6 Å². The van der Waals surface area contributed by atoms with Crippen LogP contribution >= 0.6 is 0 Å². The Labute approximate surface area is 195 Å². The summed E-state index contributed by atoms with van der Waals surface area (Å²) >= 11 is 0. The molecule has 3 aromatic heterocycles. The Morgan fingerprint density at radius 2 is 2.06 bits per heavy atom. The fraction of sp³-hybridized carbons (Fsp3) is 0.375. The van der Waals surface area contributed by atoms with Crippen LogP contribution in [0.2, 0.25) is 0 Å². The van der Waals surface area contributed by atoms with Crippen molar-refractivity contribution >= 4 is 33.8 Å². The van der Waals surface area contributed by atoms with Crippen LogP contribution in [0, 0.1) is 12.7 Å². The number of nitrogens with zero attached hydrogens (tertiary/aromatic N) is 5. The van der Waals surface area contributed by atoms with Crippen molar-refractivity contribution in [2.24, 2.45) is 7.05 Å². The van der Waals surface area contributed by atoms with E-state index in [1.807, 2.05) is 19.3 Å². The van der Waals surface area contributed by atoms with Crippen molar-refractivity contribution in [3.8, 4) is 0 Å². The summed E-state index contributed by atoms with van der Waals surface area (Å²) in [6, 6.07) is 5.94. The zero-order valence-corrected chi connectivity index (χ0v) is 19.1. The number of imidazole rings is 1. The molecule has 0 radical (unpaired) electrons. The molecular weight excluding hydrogens is 437 g/mol. The van der Waals surface area contributed by atoms with E-state index in [4.69, 9.17) is 4.74 Å². The van der Waals surface area contributed by atoms with Gasteiger partial charge in [-0.05, 0) is 25.5 Å². The summed E-state index contributed by atoms with van der Waals surface area (Å²) in [5.74, 6) is -0.827. The maximum atomic E-state index is 14.5. The number of ether oxygens (including phenoxy) is 1. The lowest BCUT2D eigenvalue weighted by molar-refractivity contribution is -0.00895. The number of hydrogen-bond acceptors (Lipinski definition) is 6. The molecule has 0 saturated carbocycles. The molecule has 0 bridgehead atoms. The second kappa shape index (κ2) is 8.07. The number of hydrogen-bond donors (Lipinski definition) is 2. The minimum Gasteiger partial charge on any atom is -0.378 e. The molecule has 10 heteroatoms. The number of anilines is 2. The average Bonchev–Trinajstić information content (AvgIpc) is 3.47. The van der Waals surface area contributed by atoms with Gasteiger partial charge in [0.25, 0.3) is 5.91 Å². The quantitative estimate of drug-likeness (QED) is 0.473. The fourth-order valence-electron chi connectivity index (χ4n) is 4.89. The van der Waals surface area contributed by atoms with Crippen LogP contribution in [-0.2, 0) is 11.8 Å². The molecule has 1 atom stereocenters. The highest BCUT2D eigenvalue weighted by Gasteiger charge is 2.29.